The van der Waals surface area contributed by atoms with E-state index in [1.54, 1.807) is 0 Å². The number of nitrogens with one attached hydrogen (secondary N) is 2. The maximum absolute atomic E-state index is 12.4. The third kappa shape index (κ3) is 4.85. The van der Waals surface area contributed by atoms with Crippen molar-refractivity contribution in [1.82, 2.24) is 5.32 Å². The molecule has 1 aliphatic rings. The fourth-order valence-electron chi connectivity index (χ4n) is 3.54. The van der Waals surface area contributed by atoms with E-state index < -0.39 is 0 Å². The Labute approximate surface area is 156 Å². The minimum Gasteiger partial charge on any atom is -0.360 e. The highest BCUT2D eigenvalue weighted by molar-refractivity contribution is 5.77. The van der Waals surface area contributed by atoms with E-state index >= 15 is 0 Å². The molecule has 26 heavy (non-hydrogen) atoms. The molecule has 1 heterocycles. The summed E-state index contributed by atoms with van der Waals surface area (Å²) in [7, 11) is 0. The Balaban J connectivity index is 1.45. The number of nitrogens with zero attached hydrogens (tertiary/aromatic N) is 1. The summed E-state index contributed by atoms with van der Waals surface area (Å²) in [4.78, 5) is 16.2. The lowest BCUT2D eigenvalue weighted by molar-refractivity contribution is -0.892. The summed E-state index contributed by atoms with van der Waals surface area (Å²) in [5.74, 6) is 0.139. The molecule has 0 aromatic heterocycles. The highest BCUT2D eigenvalue weighted by Crippen LogP contribution is 2.14. The number of anilines is 1. The van der Waals surface area contributed by atoms with E-state index in [9.17, 15) is 4.79 Å². The minimum atomic E-state index is 0.0541. The van der Waals surface area contributed by atoms with Gasteiger partial charge in [0.15, 0.2) is 6.54 Å². The van der Waals surface area contributed by atoms with Crippen LogP contribution in [-0.2, 0) is 11.2 Å². The van der Waals surface area contributed by atoms with E-state index in [1.165, 1.54) is 21.7 Å². The first kappa shape index (κ1) is 18.5. The van der Waals surface area contributed by atoms with Crippen molar-refractivity contribution in [1.29, 1.82) is 0 Å². The Morgan fingerprint density at radius 3 is 2.35 bits per heavy atom. The van der Waals surface area contributed by atoms with Gasteiger partial charge in [-0.05, 0) is 36.6 Å². The normalized spacial score (nSPS) is 16.3. The second-order valence-electron chi connectivity index (χ2n) is 7.13. The number of hydrogen-bond acceptors (Lipinski definition) is 2. The number of quaternary nitrogens is 1. The number of carbonyl (C=O) groups excluding carboxylic acids is 1. The van der Waals surface area contributed by atoms with Crippen molar-refractivity contribution >= 4 is 11.6 Å². The van der Waals surface area contributed by atoms with Crippen LogP contribution < -0.4 is 15.1 Å². The number of rotatable bonds is 6. The maximum Gasteiger partial charge on any atom is 0.275 e. The lowest BCUT2D eigenvalue weighted by atomic mass is 10.1. The molecule has 1 atom stereocenters. The molecule has 0 aliphatic carbocycles. The van der Waals surface area contributed by atoms with Crippen molar-refractivity contribution in [2.75, 3.05) is 37.6 Å². The molecule has 2 aromatic rings. The zero-order valence-electron chi connectivity index (χ0n) is 15.9. The van der Waals surface area contributed by atoms with Gasteiger partial charge in [-0.2, -0.15) is 0 Å². The predicted molar refractivity (Wildman–Crippen MR) is 107 cm³/mol. The highest BCUT2D eigenvalue weighted by atomic mass is 16.2. The number of para-hydroxylation sites is 1. The third-order valence-corrected chi connectivity index (χ3v) is 5.27. The number of benzene rings is 2. The van der Waals surface area contributed by atoms with Gasteiger partial charge < -0.3 is 15.1 Å². The molecular formula is C22H30N3O+. The third-order valence-electron chi connectivity index (χ3n) is 5.27. The smallest absolute Gasteiger partial charge is 0.275 e. The molecule has 3 rings (SSSR count). The van der Waals surface area contributed by atoms with Gasteiger partial charge in [-0.3, -0.25) is 4.79 Å². The van der Waals surface area contributed by atoms with E-state index in [4.69, 9.17) is 0 Å². The van der Waals surface area contributed by atoms with Crippen LogP contribution in [0.1, 0.15) is 31.0 Å². The van der Waals surface area contributed by atoms with Crippen LogP contribution in [0, 0.1) is 0 Å². The summed E-state index contributed by atoms with van der Waals surface area (Å²) in [6.07, 6.45) is 1.04. The van der Waals surface area contributed by atoms with E-state index in [1.807, 2.05) is 6.07 Å². The Kier molecular flexibility index (Phi) is 6.29. The lowest BCUT2D eigenvalue weighted by Gasteiger charge is -2.33. The van der Waals surface area contributed by atoms with Crippen LogP contribution in [-0.4, -0.2) is 38.6 Å². The van der Waals surface area contributed by atoms with Gasteiger partial charge >= 0.3 is 0 Å². The first-order valence-electron chi connectivity index (χ1n) is 9.67. The second kappa shape index (κ2) is 8.86. The molecule has 1 aliphatic heterocycles. The summed E-state index contributed by atoms with van der Waals surface area (Å²) in [5.41, 5.74) is 3.77. The highest BCUT2D eigenvalue weighted by Gasteiger charge is 2.23. The standard InChI is InChI=1S/C22H29N3O/c1-3-19-9-11-20(12-10-19)18(2)23-22(26)17-24-13-15-25(16-14-24)21-7-5-4-6-8-21/h4-12,18H,3,13-17H2,1-2H3,(H,23,26)/p+1/t18-/m0/s1. The number of amides is 1. The summed E-state index contributed by atoms with van der Waals surface area (Å²) >= 11 is 0. The molecule has 0 bridgehead atoms. The summed E-state index contributed by atoms with van der Waals surface area (Å²) in [5, 5.41) is 3.15. The largest absolute Gasteiger partial charge is 0.360 e. The zero-order chi connectivity index (χ0) is 18.4. The van der Waals surface area contributed by atoms with Crippen LogP contribution in [0.2, 0.25) is 0 Å². The van der Waals surface area contributed by atoms with Crippen LogP contribution in [0.25, 0.3) is 0 Å². The lowest BCUT2D eigenvalue weighted by Crippen LogP contribution is -3.15. The van der Waals surface area contributed by atoms with Crippen LogP contribution in [0.4, 0.5) is 5.69 Å². The average molecular weight is 353 g/mol. The van der Waals surface area contributed by atoms with Crippen LogP contribution in [0.3, 0.4) is 0 Å². The first-order chi connectivity index (χ1) is 12.7. The van der Waals surface area contributed by atoms with Gasteiger partial charge in [0, 0.05) is 5.69 Å². The summed E-state index contributed by atoms with van der Waals surface area (Å²) in [6.45, 7) is 8.77. The van der Waals surface area contributed by atoms with Gasteiger partial charge in [-0.1, -0.05) is 49.4 Å². The van der Waals surface area contributed by atoms with Crippen molar-refractivity contribution in [2.24, 2.45) is 0 Å². The number of piperazine rings is 1. The quantitative estimate of drug-likeness (QED) is 0.832. The van der Waals surface area contributed by atoms with E-state index in [0.29, 0.717) is 6.54 Å². The monoisotopic (exact) mass is 352 g/mol. The number of carbonyl (C=O) groups is 1. The molecule has 1 amide bonds. The summed E-state index contributed by atoms with van der Waals surface area (Å²) in [6, 6.07) is 19.1. The molecule has 2 aromatic carbocycles. The van der Waals surface area contributed by atoms with Crippen molar-refractivity contribution in [3.63, 3.8) is 0 Å². The molecule has 1 fully saturated rings. The van der Waals surface area contributed by atoms with E-state index in [-0.39, 0.29) is 11.9 Å². The van der Waals surface area contributed by atoms with E-state index in [0.717, 1.165) is 32.6 Å². The van der Waals surface area contributed by atoms with Gasteiger partial charge in [0.2, 0.25) is 0 Å². The predicted octanol–water partition coefficient (Wildman–Crippen LogP) is 1.83. The SMILES string of the molecule is CCc1ccc([C@H](C)NC(=O)C[NH+]2CCN(c3ccccc3)CC2)cc1. The van der Waals surface area contributed by atoms with Crippen LogP contribution in [0.15, 0.2) is 54.6 Å². The minimum absolute atomic E-state index is 0.0541. The van der Waals surface area contributed by atoms with Crippen molar-refractivity contribution in [3.05, 3.63) is 65.7 Å². The van der Waals surface area contributed by atoms with Gasteiger partial charge in [-0.25, -0.2) is 0 Å². The molecule has 2 N–H and O–H groups in total. The first-order valence-corrected chi connectivity index (χ1v) is 9.67. The Hall–Kier alpha value is -2.33. The molecule has 0 unspecified atom stereocenters. The number of aryl methyl sites for hydroxylation is 1. The molecule has 4 heteroatoms. The van der Waals surface area contributed by atoms with Gasteiger partial charge in [0.25, 0.3) is 5.91 Å². The molecule has 0 spiro atoms. The molecule has 1 saturated heterocycles. The topological polar surface area (TPSA) is 36.8 Å². The molecule has 4 nitrogen and oxygen atoms in total. The maximum atomic E-state index is 12.4. The van der Waals surface area contributed by atoms with Crippen LogP contribution >= 0.6 is 0 Å². The molecular weight excluding hydrogens is 322 g/mol. The molecule has 0 radical (unpaired) electrons. The molecule has 0 saturated carbocycles. The second-order valence-corrected chi connectivity index (χ2v) is 7.13. The van der Waals surface area contributed by atoms with Crippen molar-refractivity contribution in [2.45, 2.75) is 26.3 Å². The molecule has 138 valence electrons. The van der Waals surface area contributed by atoms with Crippen LogP contribution in [0.5, 0.6) is 0 Å². The average Bonchev–Trinajstić information content (AvgIpc) is 2.69. The summed E-state index contributed by atoms with van der Waals surface area (Å²) < 4.78 is 0. The van der Waals surface area contributed by atoms with E-state index in [2.05, 4.69) is 72.6 Å². The Bertz CT molecular complexity index is 691. The van der Waals surface area contributed by atoms with Crippen molar-refractivity contribution in [3.8, 4) is 0 Å². The van der Waals surface area contributed by atoms with Gasteiger partial charge in [0.1, 0.15) is 0 Å². The van der Waals surface area contributed by atoms with Crippen molar-refractivity contribution < 1.29 is 9.69 Å². The van der Waals surface area contributed by atoms with Gasteiger partial charge in [-0.15, -0.1) is 0 Å². The fourth-order valence-corrected chi connectivity index (χ4v) is 3.54. The van der Waals surface area contributed by atoms with Gasteiger partial charge in [0.05, 0.1) is 32.2 Å². The zero-order valence-corrected chi connectivity index (χ0v) is 15.9. The Morgan fingerprint density at radius 2 is 1.73 bits per heavy atom. The Morgan fingerprint density at radius 1 is 1.08 bits per heavy atom. The fraction of sp³-hybridized carbons (Fsp3) is 0.409. The number of hydrogen-bond donors (Lipinski definition) is 2.